The van der Waals surface area contributed by atoms with Gasteiger partial charge in [0.05, 0.1) is 12.2 Å². The molecule has 0 fully saturated rings. The van der Waals surface area contributed by atoms with Crippen LogP contribution in [0.15, 0.2) is 64.7 Å². The summed E-state index contributed by atoms with van der Waals surface area (Å²) in [6.07, 6.45) is 2.38. The van der Waals surface area contributed by atoms with E-state index in [-0.39, 0.29) is 12.5 Å². The Morgan fingerprint density at radius 2 is 1.96 bits per heavy atom. The lowest BCUT2D eigenvalue weighted by atomic mass is 9.67. The van der Waals surface area contributed by atoms with Crippen molar-refractivity contribution in [3.05, 3.63) is 75.8 Å². The lowest BCUT2D eigenvalue weighted by Crippen LogP contribution is -2.42. The molecule has 26 heavy (non-hydrogen) atoms. The van der Waals surface area contributed by atoms with Crippen LogP contribution in [0.1, 0.15) is 30.4 Å². The van der Waals surface area contributed by atoms with Crippen LogP contribution in [-0.4, -0.2) is 18.5 Å². The van der Waals surface area contributed by atoms with Gasteiger partial charge in [0.2, 0.25) is 0 Å². The van der Waals surface area contributed by atoms with Crippen LogP contribution in [-0.2, 0) is 19.7 Å². The zero-order chi connectivity index (χ0) is 18.3. The van der Waals surface area contributed by atoms with Gasteiger partial charge in [0.15, 0.2) is 0 Å². The number of ether oxygens (including phenoxy) is 2. The van der Waals surface area contributed by atoms with Gasteiger partial charge in [0.1, 0.15) is 11.2 Å². The average Bonchev–Trinajstić information content (AvgIpc) is 3.16. The summed E-state index contributed by atoms with van der Waals surface area (Å²) >= 11 is 3.59. The molecule has 1 aliphatic carbocycles. The predicted molar refractivity (Wildman–Crippen MR) is 100.0 cm³/mol. The van der Waals surface area contributed by atoms with Crippen molar-refractivity contribution in [1.29, 1.82) is 0 Å². The molecule has 2 aliphatic rings. The van der Waals surface area contributed by atoms with Crippen molar-refractivity contribution in [3.8, 4) is 5.75 Å². The number of esters is 2. The Balaban J connectivity index is 1.95. The van der Waals surface area contributed by atoms with E-state index in [1.165, 1.54) is 0 Å². The minimum Gasteiger partial charge on any atom is -0.463 e. The number of para-hydroxylation sites is 1. The molecule has 2 unspecified atom stereocenters. The third kappa shape index (κ3) is 2.27. The predicted octanol–water partition coefficient (Wildman–Crippen LogP) is 4.28. The molecule has 132 valence electrons. The van der Waals surface area contributed by atoms with E-state index < -0.39 is 17.4 Å². The fourth-order valence-corrected chi connectivity index (χ4v) is 4.65. The highest BCUT2D eigenvalue weighted by Gasteiger charge is 2.61. The fraction of sp³-hybridized carbons (Fsp3) is 0.238. The maximum Gasteiger partial charge on any atom is 0.335 e. The van der Waals surface area contributed by atoms with Crippen molar-refractivity contribution in [2.45, 2.75) is 24.7 Å². The molecule has 1 aliphatic heterocycles. The summed E-state index contributed by atoms with van der Waals surface area (Å²) in [5.74, 6) is -0.618. The van der Waals surface area contributed by atoms with Crippen LogP contribution in [0.3, 0.4) is 0 Å². The third-order valence-corrected chi connectivity index (χ3v) is 5.84. The molecule has 2 aromatic carbocycles. The molecule has 2 aromatic rings. The molecule has 1 heterocycles. The van der Waals surface area contributed by atoms with E-state index in [9.17, 15) is 9.59 Å². The lowest BCUT2D eigenvalue weighted by Gasteiger charge is -2.31. The maximum absolute atomic E-state index is 13.2. The van der Waals surface area contributed by atoms with Gasteiger partial charge < -0.3 is 9.47 Å². The Hall–Kier alpha value is -2.40. The highest BCUT2D eigenvalue weighted by Crippen LogP contribution is 2.58. The monoisotopic (exact) mass is 412 g/mol. The smallest absolute Gasteiger partial charge is 0.335 e. The number of benzene rings is 2. The van der Waals surface area contributed by atoms with E-state index in [0.717, 1.165) is 15.6 Å². The Kier molecular flexibility index (Phi) is 4.19. The fourth-order valence-electron chi connectivity index (χ4n) is 4.09. The van der Waals surface area contributed by atoms with Crippen LogP contribution in [0.25, 0.3) is 0 Å². The number of carbonyl (C=O) groups is 2. The quantitative estimate of drug-likeness (QED) is 0.557. The summed E-state index contributed by atoms with van der Waals surface area (Å²) < 4.78 is 11.8. The maximum atomic E-state index is 13.2. The number of fused-ring (bicyclic) bond motifs is 2. The van der Waals surface area contributed by atoms with E-state index in [4.69, 9.17) is 9.47 Å². The molecule has 4 nitrogen and oxygen atoms in total. The second-order valence-corrected chi connectivity index (χ2v) is 7.20. The standard InChI is InChI=1S/C21H17BrO4/c1-2-25-19(23)16-12-11-14(13-7-3-5-9-17(13)22)21(16)15-8-4-6-10-18(15)26-20(21)24/h3-10,12,14H,2,11H2,1H3. The molecular weight excluding hydrogens is 396 g/mol. The van der Waals surface area contributed by atoms with Crippen LogP contribution in [0, 0.1) is 0 Å². The largest absolute Gasteiger partial charge is 0.463 e. The van der Waals surface area contributed by atoms with E-state index in [1.807, 2.05) is 48.5 Å². The lowest BCUT2D eigenvalue weighted by molar-refractivity contribution is -0.144. The van der Waals surface area contributed by atoms with Crippen molar-refractivity contribution in [3.63, 3.8) is 0 Å². The number of rotatable bonds is 3. The number of hydrogen-bond acceptors (Lipinski definition) is 4. The number of allylic oxidation sites excluding steroid dienone is 1. The first-order valence-electron chi connectivity index (χ1n) is 8.54. The van der Waals surface area contributed by atoms with Gasteiger partial charge in [-0.1, -0.05) is 58.4 Å². The normalized spacial score (nSPS) is 23.5. The van der Waals surface area contributed by atoms with Gasteiger partial charge in [-0.25, -0.2) is 4.79 Å². The molecule has 0 amide bonds. The van der Waals surface area contributed by atoms with E-state index in [0.29, 0.717) is 17.7 Å². The first kappa shape index (κ1) is 17.0. The first-order valence-corrected chi connectivity index (χ1v) is 9.34. The van der Waals surface area contributed by atoms with E-state index >= 15 is 0 Å². The molecule has 5 heteroatoms. The second-order valence-electron chi connectivity index (χ2n) is 6.34. The number of carbonyl (C=O) groups excluding carboxylic acids is 2. The number of halogens is 1. The summed E-state index contributed by atoms with van der Waals surface area (Å²) in [6, 6.07) is 15.1. The molecule has 0 aromatic heterocycles. The van der Waals surface area contributed by atoms with Crippen LogP contribution < -0.4 is 4.74 Å². The molecule has 1 spiro atoms. The molecular formula is C21H17BrO4. The Bertz CT molecular complexity index is 933. The number of hydrogen-bond donors (Lipinski definition) is 0. The van der Waals surface area contributed by atoms with Gasteiger partial charge >= 0.3 is 11.9 Å². The highest BCUT2D eigenvalue weighted by molar-refractivity contribution is 9.10. The molecule has 0 N–H and O–H groups in total. The van der Waals surface area contributed by atoms with Crippen molar-refractivity contribution in [2.75, 3.05) is 6.61 Å². The van der Waals surface area contributed by atoms with Gasteiger partial charge in [-0.05, 0) is 31.0 Å². The summed E-state index contributed by atoms with van der Waals surface area (Å²) in [4.78, 5) is 25.9. The van der Waals surface area contributed by atoms with Crippen LogP contribution in [0.4, 0.5) is 0 Å². The average molecular weight is 413 g/mol. The summed E-state index contributed by atoms with van der Waals surface area (Å²) in [5.41, 5.74) is 0.890. The molecule has 0 radical (unpaired) electrons. The van der Waals surface area contributed by atoms with Crippen molar-refractivity contribution >= 4 is 27.9 Å². The van der Waals surface area contributed by atoms with Crippen molar-refractivity contribution in [1.82, 2.24) is 0 Å². The van der Waals surface area contributed by atoms with Crippen LogP contribution in [0.5, 0.6) is 5.75 Å². The molecule has 0 saturated carbocycles. The minimum absolute atomic E-state index is 0.242. The topological polar surface area (TPSA) is 52.6 Å². The second kappa shape index (κ2) is 6.40. The Morgan fingerprint density at radius 3 is 2.73 bits per heavy atom. The zero-order valence-electron chi connectivity index (χ0n) is 14.2. The summed E-state index contributed by atoms with van der Waals surface area (Å²) in [5, 5.41) is 0. The SMILES string of the molecule is CCOC(=O)C1=CCC(c2ccccc2Br)C12C(=O)Oc1ccccc12. The van der Waals surface area contributed by atoms with Gasteiger partial charge in [-0.15, -0.1) is 0 Å². The molecule has 2 atom stereocenters. The highest BCUT2D eigenvalue weighted by atomic mass is 79.9. The summed E-state index contributed by atoms with van der Waals surface area (Å²) in [7, 11) is 0. The zero-order valence-corrected chi connectivity index (χ0v) is 15.8. The minimum atomic E-state index is -1.17. The molecule has 0 bridgehead atoms. The summed E-state index contributed by atoms with van der Waals surface area (Å²) in [6.45, 7) is 2.01. The van der Waals surface area contributed by atoms with Crippen LogP contribution in [0.2, 0.25) is 0 Å². The Morgan fingerprint density at radius 1 is 1.23 bits per heavy atom. The van der Waals surface area contributed by atoms with E-state index in [1.54, 1.807) is 13.0 Å². The van der Waals surface area contributed by atoms with Gasteiger partial charge in [0.25, 0.3) is 0 Å². The van der Waals surface area contributed by atoms with Gasteiger partial charge in [0, 0.05) is 16.0 Å². The van der Waals surface area contributed by atoms with Gasteiger partial charge in [-0.3, -0.25) is 4.79 Å². The third-order valence-electron chi connectivity index (χ3n) is 5.12. The van der Waals surface area contributed by atoms with E-state index in [2.05, 4.69) is 15.9 Å². The molecule has 0 saturated heterocycles. The Labute approximate surface area is 159 Å². The molecule has 4 rings (SSSR count). The van der Waals surface area contributed by atoms with Crippen molar-refractivity contribution in [2.24, 2.45) is 0 Å². The van der Waals surface area contributed by atoms with Gasteiger partial charge in [-0.2, -0.15) is 0 Å². The van der Waals surface area contributed by atoms with Crippen LogP contribution >= 0.6 is 15.9 Å². The van der Waals surface area contributed by atoms with Crippen molar-refractivity contribution < 1.29 is 19.1 Å². The first-order chi connectivity index (χ1) is 12.6.